The Balaban J connectivity index is 2.14. The highest BCUT2D eigenvalue weighted by Gasteiger charge is 2.13. The van der Waals surface area contributed by atoms with Gasteiger partial charge in [0.15, 0.2) is 5.58 Å². The Morgan fingerprint density at radius 3 is 2.46 bits per heavy atom. The molecule has 0 aliphatic heterocycles. The molecule has 0 saturated heterocycles. The molecule has 0 bridgehead atoms. The third-order valence-corrected chi connectivity index (χ3v) is 4.05. The van der Waals surface area contributed by atoms with Crippen LogP contribution in [0.1, 0.15) is 6.92 Å². The number of benzene rings is 2. The van der Waals surface area contributed by atoms with Gasteiger partial charge < -0.3 is 13.9 Å². The molecule has 1 atom stereocenters. The van der Waals surface area contributed by atoms with Crippen molar-refractivity contribution in [2.45, 2.75) is 13.3 Å². The standard InChI is InChI=1S/C18H14BrFO4/c1-10(20)23-14-7-12-8-15(11-3-5-13(22-2)6-4-11)18(21)24-17(12)16(19)9-14/h3-10H,1-2H3. The lowest BCUT2D eigenvalue weighted by molar-refractivity contribution is 0.0861. The molecule has 0 fully saturated rings. The van der Waals surface area contributed by atoms with E-state index in [1.165, 1.54) is 6.92 Å². The van der Waals surface area contributed by atoms with Crippen LogP contribution in [0.5, 0.6) is 11.5 Å². The maximum Gasteiger partial charge on any atom is 0.344 e. The Bertz CT molecular complexity index is 932. The van der Waals surface area contributed by atoms with E-state index in [2.05, 4.69) is 15.9 Å². The molecule has 24 heavy (non-hydrogen) atoms. The Morgan fingerprint density at radius 1 is 1.12 bits per heavy atom. The fraction of sp³-hybridized carbons (Fsp3) is 0.167. The molecule has 0 aliphatic carbocycles. The molecule has 0 radical (unpaired) electrons. The molecule has 4 nitrogen and oxygen atoms in total. The van der Waals surface area contributed by atoms with E-state index in [4.69, 9.17) is 13.9 Å². The van der Waals surface area contributed by atoms with Crippen LogP contribution in [0.25, 0.3) is 22.1 Å². The minimum Gasteiger partial charge on any atom is -0.497 e. The van der Waals surface area contributed by atoms with Gasteiger partial charge in [-0.1, -0.05) is 12.1 Å². The maximum atomic E-state index is 13.1. The van der Waals surface area contributed by atoms with Crippen LogP contribution in [0.15, 0.2) is 56.1 Å². The van der Waals surface area contributed by atoms with Gasteiger partial charge in [0.1, 0.15) is 11.5 Å². The van der Waals surface area contributed by atoms with E-state index in [1.54, 1.807) is 49.6 Å². The Kier molecular flexibility index (Phi) is 4.57. The minimum absolute atomic E-state index is 0.346. The second-order valence-electron chi connectivity index (χ2n) is 5.16. The van der Waals surface area contributed by atoms with Crippen molar-refractivity contribution < 1.29 is 18.3 Å². The summed E-state index contributed by atoms with van der Waals surface area (Å²) in [7, 11) is 1.57. The zero-order valence-corrected chi connectivity index (χ0v) is 14.6. The van der Waals surface area contributed by atoms with Crippen molar-refractivity contribution in [2.24, 2.45) is 0 Å². The first-order chi connectivity index (χ1) is 11.5. The van der Waals surface area contributed by atoms with Crippen LogP contribution in [0.4, 0.5) is 4.39 Å². The molecule has 124 valence electrons. The van der Waals surface area contributed by atoms with E-state index in [9.17, 15) is 9.18 Å². The Morgan fingerprint density at radius 2 is 1.83 bits per heavy atom. The lowest BCUT2D eigenvalue weighted by Gasteiger charge is -2.10. The Labute approximate surface area is 145 Å². The Hall–Kier alpha value is -2.34. The molecule has 0 saturated carbocycles. The number of ether oxygens (including phenoxy) is 2. The number of alkyl halides is 1. The van der Waals surface area contributed by atoms with Crippen LogP contribution in [-0.4, -0.2) is 13.5 Å². The van der Waals surface area contributed by atoms with Crippen molar-refractivity contribution in [2.75, 3.05) is 7.11 Å². The van der Waals surface area contributed by atoms with Crippen LogP contribution in [0, 0.1) is 0 Å². The van der Waals surface area contributed by atoms with Crippen molar-refractivity contribution >= 4 is 26.9 Å². The zero-order valence-electron chi connectivity index (χ0n) is 13.0. The van der Waals surface area contributed by atoms with Gasteiger partial charge in [-0.05, 0) is 51.8 Å². The molecule has 3 aromatic rings. The maximum absolute atomic E-state index is 13.1. The fourth-order valence-corrected chi connectivity index (χ4v) is 2.93. The van der Waals surface area contributed by atoms with Gasteiger partial charge in [0.25, 0.3) is 0 Å². The van der Waals surface area contributed by atoms with Crippen LogP contribution < -0.4 is 15.1 Å². The fourth-order valence-electron chi connectivity index (χ4n) is 2.39. The third kappa shape index (κ3) is 3.28. The van der Waals surface area contributed by atoms with Crippen LogP contribution >= 0.6 is 15.9 Å². The van der Waals surface area contributed by atoms with E-state index in [1.807, 2.05) is 0 Å². The van der Waals surface area contributed by atoms with Crippen LogP contribution in [-0.2, 0) is 0 Å². The van der Waals surface area contributed by atoms with Gasteiger partial charge in [0.2, 0.25) is 6.36 Å². The first-order valence-corrected chi connectivity index (χ1v) is 8.00. The van der Waals surface area contributed by atoms with E-state index in [0.717, 1.165) is 0 Å². The van der Waals surface area contributed by atoms with Gasteiger partial charge in [-0.15, -0.1) is 0 Å². The number of halogens is 2. The first-order valence-electron chi connectivity index (χ1n) is 7.20. The van der Waals surface area contributed by atoms with Crippen LogP contribution in [0.2, 0.25) is 0 Å². The van der Waals surface area contributed by atoms with E-state index >= 15 is 0 Å². The number of hydrogen-bond acceptors (Lipinski definition) is 4. The smallest absolute Gasteiger partial charge is 0.344 e. The summed E-state index contributed by atoms with van der Waals surface area (Å²) >= 11 is 3.32. The van der Waals surface area contributed by atoms with Gasteiger partial charge >= 0.3 is 5.63 Å². The normalized spacial score (nSPS) is 12.2. The summed E-state index contributed by atoms with van der Waals surface area (Å²) in [5, 5.41) is 0.630. The summed E-state index contributed by atoms with van der Waals surface area (Å²) in [5.41, 5.74) is 1.03. The number of fused-ring (bicyclic) bond motifs is 1. The average molecular weight is 393 g/mol. The molecule has 2 aromatic carbocycles. The van der Waals surface area contributed by atoms with Crippen molar-refractivity contribution in [3.63, 3.8) is 0 Å². The predicted molar refractivity (Wildman–Crippen MR) is 93.4 cm³/mol. The predicted octanol–water partition coefficient (Wildman–Crippen LogP) is 4.93. The van der Waals surface area contributed by atoms with Crippen molar-refractivity contribution in [3.05, 3.63) is 57.4 Å². The highest BCUT2D eigenvalue weighted by molar-refractivity contribution is 9.10. The minimum atomic E-state index is -1.44. The molecule has 0 amide bonds. The highest BCUT2D eigenvalue weighted by atomic mass is 79.9. The van der Waals surface area contributed by atoms with E-state index < -0.39 is 12.0 Å². The molecule has 0 aliphatic rings. The van der Waals surface area contributed by atoms with Gasteiger partial charge in [0, 0.05) is 12.3 Å². The molecule has 1 aromatic heterocycles. The summed E-state index contributed by atoms with van der Waals surface area (Å²) in [6.45, 7) is 1.30. The van der Waals surface area contributed by atoms with Gasteiger partial charge in [-0.3, -0.25) is 0 Å². The summed E-state index contributed by atoms with van der Waals surface area (Å²) in [6, 6.07) is 12.0. The average Bonchev–Trinajstić information content (AvgIpc) is 2.55. The summed E-state index contributed by atoms with van der Waals surface area (Å²) in [5.74, 6) is 1.04. The molecular formula is C18H14BrFO4. The molecule has 3 rings (SSSR count). The van der Waals surface area contributed by atoms with Crippen molar-refractivity contribution in [1.82, 2.24) is 0 Å². The quantitative estimate of drug-likeness (QED) is 0.590. The highest BCUT2D eigenvalue weighted by Crippen LogP contribution is 2.31. The van der Waals surface area contributed by atoms with Gasteiger partial charge in [-0.25, -0.2) is 9.18 Å². The lowest BCUT2D eigenvalue weighted by atomic mass is 10.1. The number of methoxy groups -OCH3 is 1. The number of hydrogen-bond donors (Lipinski definition) is 0. The molecule has 0 N–H and O–H groups in total. The lowest BCUT2D eigenvalue weighted by Crippen LogP contribution is -2.05. The molecule has 1 heterocycles. The monoisotopic (exact) mass is 392 g/mol. The summed E-state index contributed by atoms with van der Waals surface area (Å²) in [6.07, 6.45) is -1.44. The van der Waals surface area contributed by atoms with Crippen LogP contribution in [0.3, 0.4) is 0 Å². The molecule has 6 heteroatoms. The van der Waals surface area contributed by atoms with E-state index in [-0.39, 0.29) is 0 Å². The van der Waals surface area contributed by atoms with Crippen molar-refractivity contribution in [3.8, 4) is 22.6 Å². The topological polar surface area (TPSA) is 48.7 Å². The van der Waals surface area contributed by atoms with E-state index in [0.29, 0.717) is 38.1 Å². The second-order valence-corrected chi connectivity index (χ2v) is 6.01. The second kappa shape index (κ2) is 6.65. The largest absolute Gasteiger partial charge is 0.497 e. The zero-order chi connectivity index (χ0) is 17.3. The van der Waals surface area contributed by atoms with Crippen molar-refractivity contribution in [1.29, 1.82) is 0 Å². The first kappa shape index (κ1) is 16.5. The molecular weight excluding hydrogens is 379 g/mol. The molecule has 1 unspecified atom stereocenters. The third-order valence-electron chi connectivity index (χ3n) is 3.46. The summed E-state index contributed by atoms with van der Waals surface area (Å²) in [4.78, 5) is 12.3. The number of rotatable bonds is 4. The summed E-state index contributed by atoms with van der Waals surface area (Å²) < 4.78 is 29.2. The van der Waals surface area contributed by atoms with Gasteiger partial charge in [-0.2, -0.15) is 0 Å². The van der Waals surface area contributed by atoms with Gasteiger partial charge in [0.05, 0.1) is 17.1 Å². The SMILES string of the molecule is COc1ccc(-c2cc3cc(OC(C)F)cc(Br)c3oc2=O)cc1. The molecule has 0 spiro atoms.